The molecular formula is C25H25NO3S. The van der Waals surface area contributed by atoms with Crippen LogP contribution in [-0.4, -0.2) is 26.0 Å². The van der Waals surface area contributed by atoms with Gasteiger partial charge in [-0.05, 0) is 30.5 Å². The molecule has 4 nitrogen and oxygen atoms in total. The zero-order valence-corrected chi connectivity index (χ0v) is 17.5. The van der Waals surface area contributed by atoms with Crippen molar-refractivity contribution in [3.05, 3.63) is 102 Å². The summed E-state index contributed by atoms with van der Waals surface area (Å²) in [4.78, 5) is 13.0. The number of carbonyl (C=O) groups excluding carboxylic acids is 1. The maximum absolute atomic E-state index is 13.7. The second kappa shape index (κ2) is 8.84. The minimum atomic E-state index is -3.61. The van der Waals surface area contributed by atoms with Gasteiger partial charge in [0.15, 0.2) is 5.78 Å². The molecule has 1 fully saturated rings. The highest BCUT2D eigenvalue weighted by molar-refractivity contribution is 7.93. The second-order valence-corrected chi connectivity index (χ2v) is 9.72. The lowest BCUT2D eigenvalue weighted by molar-refractivity contribution is 0.0972. The Morgan fingerprint density at radius 1 is 0.867 bits per heavy atom. The number of nitrogens with zero attached hydrogens (tertiary/aromatic N) is 1. The zero-order chi connectivity index (χ0) is 21.0. The molecule has 0 aromatic heterocycles. The molecule has 1 aliphatic rings. The van der Waals surface area contributed by atoms with Crippen LogP contribution in [0.5, 0.6) is 0 Å². The first-order valence-corrected chi connectivity index (χ1v) is 11.8. The Balaban J connectivity index is 1.70. The normalized spacial score (nSPS) is 19.2. The van der Waals surface area contributed by atoms with Crippen LogP contribution in [0.25, 0.3) is 0 Å². The van der Waals surface area contributed by atoms with Crippen LogP contribution in [0, 0.1) is 0 Å². The average molecular weight is 420 g/mol. The van der Waals surface area contributed by atoms with Gasteiger partial charge in [-0.1, -0.05) is 78.9 Å². The van der Waals surface area contributed by atoms with Gasteiger partial charge in [0, 0.05) is 24.4 Å². The van der Waals surface area contributed by atoms with Crippen LogP contribution in [0.4, 0.5) is 5.69 Å². The molecule has 3 aromatic carbocycles. The second-order valence-electron chi connectivity index (χ2n) is 7.64. The molecule has 3 aromatic rings. The van der Waals surface area contributed by atoms with Crippen molar-refractivity contribution in [3.63, 3.8) is 0 Å². The van der Waals surface area contributed by atoms with E-state index in [4.69, 9.17) is 0 Å². The number of benzene rings is 3. The first kappa shape index (κ1) is 20.4. The highest BCUT2D eigenvalue weighted by Gasteiger charge is 2.42. The topological polar surface area (TPSA) is 54.5 Å². The van der Waals surface area contributed by atoms with Crippen LogP contribution in [0.2, 0.25) is 0 Å². The predicted octanol–water partition coefficient (Wildman–Crippen LogP) is 5.04. The summed E-state index contributed by atoms with van der Waals surface area (Å²) in [6, 6.07) is 27.9. The predicted molar refractivity (Wildman–Crippen MR) is 120 cm³/mol. The van der Waals surface area contributed by atoms with Crippen molar-refractivity contribution in [1.82, 2.24) is 0 Å². The van der Waals surface area contributed by atoms with Crippen molar-refractivity contribution in [2.75, 3.05) is 10.8 Å². The van der Waals surface area contributed by atoms with E-state index in [9.17, 15) is 13.2 Å². The first-order chi connectivity index (χ1) is 14.6. The first-order valence-electron chi connectivity index (χ1n) is 10.3. The fraction of sp³-hybridized carbons (Fsp3) is 0.240. The molecule has 0 spiro atoms. The molecular weight excluding hydrogens is 394 g/mol. The van der Waals surface area contributed by atoms with Gasteiger partial charge in [0.2, 0.25) is 10.0 Å². The van der Waals surface area contributed by atoms with Crippen LogP contribution in [0.15, 0.2) is 91.0 Å². The number of Topliss-reactive ketones (excluding diaryl/α,β-unsaturated/α-hetero) is 1. The van der Waals surface area contributed by atoms with E-state index in [1.165, 1.54) is 4.31 Å². The molecule has 0 bridgehead atoms. The molecule has 2 unspecified atom stereocenters. The highest BCUT2D eigenvalue weighted by atomic mass is 32.2. The molecule has 30 heavy (non-hydrogen) atoms. The van der Waals surface area contributed by atoms with Gasteiger partial charge in [0.05, 0.1) is 10.9 Å². The van der Waals surface area contributed by atoms with E-state index in [-0.39, 0.29) is 12.2 Å². The lowest BCUT2D eigenvalue weighted by atomic mass is 9.87. The Hall–Kier alpha value is -2.92. The van der Waals surface area contributed by atoms with E-state index in [1.54, 1.807) is 12.1 Å². The summed E-state index contributed by atoms with van der Waals surface area (Å²) in [5.41, 5.74) is 2.19. The van der Waals surface area contributed by atoms with Gasteiger partial charge in [-0.2, -0.15) is 0 Å². The fourth-order valence-electron chi connectivity index (χ4n) is 4.26. The third kappa shape index (κ3) is 4.17. The van der Waals surface area contributed by atoms with E-state index in [0.29, 0.717) is 24.2 Å². The Morgan fingerprint density at radius 2 is 1.43 bits per heavy atom. The number of rotatable bonds is 6. The molecule has 154 valence electrons. The Morgan fingerprint density at radius 3 is 2.07 bits per heavy atom. The molecule has 0 amide bonds. The van der Waals surface area contributed by atoms with E-state index in [2.05, 4.69) is 0 Å². The number of carbonyl (C=O) groups is 1. The molecule has 0 N–H and O–H groups in total. The standard InChI is InChI=1S/C25H25NO3S/c27-24(21-13-6-2-7-14-21)19-23(20-11-4-1-5-12-20)25-17-10-18-26(30(25,28)29)22-15-8-3-9-16-22/h1-9,11-16,23,25H,10,17-19H2. The van der Waals surface area contributed by atoms with Crippen LogP contribution in [0.1, 0.15) is 41.1 Å². The maximum atomic E-state index is 13.7. The van der Waals surface area contributed by atoms with Crippen LogP contribution in [-0.2, 0) is 10.0 Å². The van der Waals surface area contributed by atoms with Crippen molar-refractivity contribution in [1.29, 1.82) is 0 Å². The summed E-state index contributed by atoms with van der Waals surface area (Å²) in [5, 5.41) is -0.637. The number of hydrogen-bond acceptors (Lipinski definition) is 3. The number of sulfonamides is 1. The lowest BCUT2D eigenvalue weighted by Gasteiger charge is -2.37. The third-order valence-electron chi connectivity index (χ3n) is 5.76. The van der Waals surface area contributed by atoms with E-state index >= 15 is 0 Å². The molecule has 0 aliphatic carbocycles. The van der Waals surface area contributed by atoms with Gasteiger partial charge in [0.25, 0.3) is 0 Å². The van der Waals surface area contributed by atoms with Crippen molar-refractivity contribution in [2.45, 2.75) is 30.4 Å². The summed E-state index contributed by atoms with van der Waals surface area (Å²) in [5.74, 6) is -0.424. The smallest absolute Gasteiger partial charge is 0.238 e. The van der Waals surface area contributed by atoms with Crippen LogP contribution >= 0.6 is 0 Å². The fourth-order valence-corrected chi connectivity index (χ4v) is 6.52. The van der Waals surface area contributed by atoms with Gasteiger partial charge >= 0.3 is 0 Å². The van der Waals surface area contributed by atoms with E-state index in [1.807, 2.05) is 78.9 Å². The lowest BCUT2D eigenvalue weighted by Crippen LogP contribution is -2.46. The largest absolute Gasteiger partial charge is 0.294 e. The van der Waals surface area contributed by atoms with Crippen LogP contribution < -0.4 is 4.31 Å². The summed E-state index contributed by atoms with van der Waals surface area (Å²) in [6.07, 6.45) is 1.48. The quantitative estimate of drug-likeness (QED) is 0.526. The Kier molecular flexibility index (Phi) is 6.00. The minimum Gasteiger partial charge on any atom is -0.294 e. The molecule has 0 saturated carbocycles. The van der Waals surface area contributed by atoms with Crippen molar-refractivity contribution < 1.29 is 13.2 Å². The third-order valence-corrected chi connectivity index (χ3v) is 8.10. The minimum absolute atomic E-state index is 0.0310. The van der Waals surface area contributed by atoms with Gasteiger partial charge in [-0.25, -0.2) is 8.42 Å². The molecule has 4 rings (SSSR count). The summed E-state index contributed by atoms with van der Waals surface area (Å²) >= 11 is 0. The van der Waals surface area contributed by atoms with Crippen molar-refractivity contribution >= 4 is 21.5 Å². The van der Waals surface area contributed by atoms with Gasteiger partial charge < -0.3 is 0 Å². The van der Waals surface area contributed by atoms with E-state index in [0.717, 1.165) is 12.0 Å². The Labute approximate surface area is 178 Å². The molecule has 2 atom stereocenters. The number of ketones is 1. The SMILES string of the molecule is O=C(CC(c1ccccc1)C1CCCN(c2ccccc2)S1(=O)=O)c1ccccc1. The van der Waals surface area contributed by atoms with Crippen LogP contribution in [0.3, 0.4) is 0 Å². The van der Waals surface area contributed by atoms with Gasteiger partial charge in [-0.3, -0.25) is 9.10 Å². The molecule has 1 saturated heterocycles. The molecule has 0 radical (unpaired) electrons. The summed E-state index contributed by atoms with van der Waals surface area (Å²) < 4.78 is 28.8. The van der Waals surface area contributed by atoms with Crippen molar-refractivity contribution in [3.8, 4) is 0 Å². The molecule has 1 aliphatic heterocycles. The maximum Gasteiger partial charge on any atom is 0.238 e. The summed E-state index contributed by atoms with van der Waals surface area (Å²) in [7, 11) is -3.61. The van der Waals surface area contributed by atoms with Gasteiger partial charge in [-0.15, -0.1) is 0 Å². The monoisotopic (exact) mass is 419 g/mol. The highest BCUT2D eigenvalue weighted by Crippen LogP contribution is 2.38. The number of anilines is 1. The molecule has 1 heterocycles. The summed E-state index contributed by atoms with van der Waals surface area (Å²) in [6.45, 7) is 0.469. The number of hydrogen-bond donors (Lipinski definition) is 0. The Bertz CT molecular complexity index is 1080. The zero-order valence-electron chi connectivity index (χ0n) is 16.7. The molecule has 5 heteroatoms. The average Bonchev–Trinajstić information content (AvgIpc) is 2.79. The van der Waals surface area contributed by atoms with E-state index < -0.39 is 21.2 Å². The number of para-hydroxylation sites is 1. The van der Waals surface area contributed by atoms with Gasteiger partial charge in [0.1, 0.15) is 0 Å². The van der Waals surface area contributed by atoms with Crippen molar-refractivity contribution in [2.24, 2.45) is 0 Å².